The molecule has 2 aromatic rings. The Hall–Kier alpha value is -0.720. The van der Waals surface area contributed by atoms with Crippen LogP contribution in [0.5, 0.6) is 5.75 Å². The third-order valence-corrected chi connectivity index (χ3v) is 8.45. The molecule has 0 spiro atoms. The molecule has 0 aromatic heterocycles. The van der Waals surface area contributed by atoms with Crippen LogP contribution in [-0.2, 0) is 11.4 Å². The second-order valence-corrected chi connectivity index (χ2v) is 11.7. The molecule has 168 valence electrons. The largest absolute Gasteiger partial charge is 0.487 e. The standard InChI is InChI=1S/C24H23BrI2N2O2S/c1-28-21(23(30)29(24(28)32)18-5-3-2-4-6-18)13-16-11-19(26)22(20(27)12-16)31-14-15-7-9-17(25)10-8-15/h7-13,18H,2-6,14H2,1H3/b21-13-. The lowest BCUT2D eigenvalue weighted by Crippen LogP contribution is -2.41. The van der Waals surface area contributed by atoms with Gasteiger partial charge in [-0.05, 0) is 112 Å². The maximum Gasteiger partial charge on any atom is 0.277 e. The average molecular weight is 737 g/mol. The Kier molecular flexibility index (Phi) is 8.15. The third-order valence-electron chi connectivity index (χ3n) is 5.85. The van der Waals surface area contributed by atoms with E-state index < -0.39 is 0 Å². The molecule has 2 fully saturated rings. The quantitative estimate of drug-likeness (QED) is 0.189. The smallest absolute Gasteiger partial charge is 0.277 e. The van der Waals surface area contributed by atoms with E-state index in [-0.39, 0.29) is 11.9 Å². The van der Waals surface area contributed by atoms with Gasteiger partial charge in [-0.25, -0.2) is 0 Å². The summed E-state index contributed by atoms with van der Waals surface area (Å²) < 4.78 is 9.19. The number of nitrogens with zero attached hydrogens (tertiary/aromatic N) is 2. The fourth-order valence-corrected chi connectivity index (χ4v) is 6.86. The van der Waals surface area contributed by atoms with Gasteiger partial charge < -0.3 is 9.64 Å². The number of rotatable bonds is 5. The predicted octanol–water partition coefficient (Wildman–Crippen LogP) is 6.97. The molecule has 8 heteroatoms. The summed E-state index contributed by atoms with van der Waals surface area (Å²) in [6.07, 6.45) is 7.59. The fraction of sp³-hybridized carbons (Fsp3) is 0.333. The monoisotopic (exact) mass is 736 g/mol. The molecule has 0 atom stereocenters. The topological polar surface area (TPSA) is 32.8 Å². The van der Waals surface area contributed by atoms with Crippen molar-refractivity contribution in [2.24, 2.45) is 0 Å². The molecule has 32 heavy (non-hydrogen) atoms. The van der Waals surface area contributed by atoms with Crippen molar-refractivity contribution in [3.8, 4) is 5.75 Å². The minimum absolute atomic E-state index is 0.0185. The second kappa shape index (κ2) is 10.7. The van der Waals surface area contributed by atoms with Gasteiger partial charge in [0.15, 0.2) is 5.11 Å². The Labute approximate surface area is 230 Å². The van der Waals surface area contributed by atoms with Gasteiger partial charge in [-0.15, -0.1) is 0 Å². The molecular formula is C24H23BrI2N2O2S. The number of ether oxygens (including phenoxy) is 1. The van der Waals surface area contributed by atoms with Crippen LogP contribution in [0, 0.1) is 7.14 Å². The van der Waals surface area contributed by atoms with Gasteiger partial charge in [0.05, 0.1) is 7.14 Å². The first-order valence-corrected chi connectivity index (χ1v) is 13.9. The number of benzene rings is 2. The summed E-state index contributed by atoms with van der Waals surface area (Å²) in [4.78, 5) is 16.9. The number of amides is 1. The number of carbonyl (C=O) groups excluding carboxylic acids is 1. The fourth-order valence-electron chi connectivity index (χ4n) is 4.13. The van der Waals surface area contributed by atoms with E-state index in [4.69, 9.17) is 17.0 Å². The molecule has 1 aliphatic heterocycles. The third kappa shape index (κ3) is 5.33. The number of likely N-dealkylation sites (N-methyl/N-ethyl adjacent to an activating group) is 1. The highest BCUT2D eigenvalue weighted by Crippen LogP contribution is 2.33. The van der Waals surface area contributed by atoms with Gasteiger partial charge in [-0.1, -0.05) is 47.3 Å². The van der Waals surface area contributed by atoms with Crippen molar-refractivity contribution in [3.05, 3.63) is 64.8 Å². The second-order valence-electron chi connectivity index (χ2n) is 8.07. The van der Waals surface area contributed by atoms with Crippen LogP contribution in [0.1, 0.15) is 43.2 Å². The van der Waals surface area contributed by atoms with Crippen LogP contribution in [0.15, 0.2) is 46.6 Å². The summed E-state index contributed by atoms with van der Waals surface area (Å²) in [7, 11) is 1.89. The molecule has 1 heterocycles. The Morgan fingerprint density at radius 1 is 1.12 bits per heavy atom. The molecule has 1 saturated carbocycles. The average Bonchev–Trinajstić information content (AvgIpc) is 2.98. The lowest BCUT2D eigenvalue weighted by molar-refractivity contribution is -0.124. The zero-order chi connectivity index (χ0) is 22.8. The Morgan fingerprint density at radius 3 is 2.38 bits per heavy atom. The molecule has 1 amide bonds. The summed E-state index contributed by atoms with van der Waals surface area (Å²) >= 11 is 13.7. The van der Waals surface area contributed by atoms with Gasteiger partial charge in [-0.2, -0.15) is 0 Å². The van der Waals surface area contributed by atoms with E-state index in [1.54, 1.807) is 0 Å². The maximum atomic E-state index is 13.2. The summed E-state index contributed by atoms with van der Waals surface area (Å²) in [5.74, 6) is 0.881. The van der Waals surface area contributed by atoms with Crippen molar-refractivity contribution in [2.45, 2.75) is 44.8 Å². The van der Waals surface area contributed by atoms with Crippen molar-refractivity contribution >= 4 is 90.4 Å². The number of halogens is 3. The van der Waals surface area contributed by atoms with Crippen molar-refractivity contribution in [2.75, 3.05) is 7.05 Å². The van der Waals surface area contributed by atoms with E-state index in [0.717, 1.165) is 54.2 Å². The van der Waals surface area contributed by atoms with Crippen LogP contribution in [-0.4, -0.2) is 33.9 Å². The number of hydrogen-bond acceptors (Lipinski definition) is 3. The number of hydrogen-bond donors (Lipinski definition) is 0. The lowest BCUT2D eigenvalue weighted by atomic mass is 9.94. The van der Waals surface area contributed by atoms with E-state index >= 15 is 0 Å². The molecule has 2 aliphatic rings. The molecule has 4 nitrogen and oxygen atoms in total. The molecule has 0 unspecified atom stereocenters. The van der Waals surface area contributed by atoms with Crippen molar-refractivity contribution in [1.82, 2.24) is 9.80 Å². The van der Waals surface area contributed by atoms with Crippen molar-refractivity contribution < 1.29 is 9.53 Å². The molecule has 0 radical (unpaired) electrons. The van der Waals surface area contributed by atoms with Crippen molar-refractivity contribution in [3.63, 3.8) is 0 Å². The van der Waals surface area contributed by atoms with E-state index in [9.17, 15) is 4.79 Å². The van der Waals surface area contributed by atoms with Crippen LogP contribution in [0.4, 0.5) is 0 Å². The summed E-state index contributed by atoms with van der Waals surface area (Å²) in [5.41, 5.74) is 2.72. The molecule has 1 aliphatic carbocycles. The lowest BCUT2D eigenvalue weighted by Gasteiger charge is -2.30. The highest BCUT2D eigenvalue weighted by Gasteiger charge is 2.40. The number of thiocarbonyl (C=S) groups is 1. The molecule has 0 N–H and O–H groups in total. The van der Waals surface area contributed by atoms with Gasteiger partial charge in [0.25, 0.3) is 5.91 Å². The van der Waals surface area contributed by atoms with Gasteiger partial charge in [0.1, 0.15) is 18.1 Å². The highest BCUT2D eigenvalue weighted by molar-refractivity contribution is 14.1. The summed E-state index contributed by atoms with van der Waals surface area (Å²) in [5, 5.41) is 0.618. The molecule has 0 bridgehead atoms. The maximum absolute atomic E-state index is 13.2. The normalized spacial score (nSPS) is 18.7. The highest BCUT2D eigenvalue weighted by atomic mass is 127. The van der Waals surface area contributed by atoms with Gasteiger partial charge in [0, 0.05) is 17.6 Å². The zero-order valence-corrected chi connectivity index (χ0v) is 24.3. The predicted molar refractivity (Wildman–Crippen MR) is 152 cm³/mol. The van der Waals surface area contributed by atoms with Crippen LogP contribution >= 0.6 is 73.3 Å². The Balaban J connectivity index is 1.54. The zero-order valence-electron chi connectivity index (χ0n) is 17.6. The van der Waals surface area contributed by atoms with Gasteiger partial charge in [0.2, 0.25) is 0 Å². The summed E-state index contributed by atoms with van der Waals surface area (Å²) in [6.45, 7) is 0.506. The van der Waals surface area contributed by atoms with E-state index in [2.05, 4.69) is 73.2 Å². The van der Waals surface area contributed by atoms with E-state index in [1.165, 1.54) is 6.42 Å². The first-order chi connectivity index (χ1) is 15.3. The number of carbonyl (C=O) groups is 1. The van der Waals surface area contributed by atoms with Crippen LogP contribution in [0.3, 0.4) is 0 Å². The minimum atomic E-state index is 0.0185. The molecule has 1 saturated heterocycles. The molecular weight excluding hydrogens is 714 g/mol. The van der Waals surface area contributed by atoms with Crippen molar-refractivity contribution in [1.29, 1.82) is 0 Å². The van der Waals surface area contributed by atoms with E-state index in [1.807, 2.05) is 47.2 Å². The Morgan fingerprint density at radius 2 is 1.75 bits per heavy atom. The summed E-state index contributed by atoms with van der Waals surface area (Å²) in [6, 6.07) is 12.5. The first kappa shape index (κ1) is 24.4. The minimum Gasteiger partial charge on any atom is -0.487 e. The van der Waals surface area contributed by atoms with Crippen LogP contribution < -0.4 is 4.74 Å². The SMILES string of the molecule is CN1C(=S)N(C2CCCCC2)C(=O)/C1=C/c1cc(I)c(OCc2ccc(Br)cc2)c(I)c1. The van der Waals surface area contributed by atoms with Crippen LogP contribution in [0.25, 0.3) is 6.08 Å². The van der Waals surface area contributed by atoms with Gasteiger partial charge >= 0.3 is 0 Å². The van der Waals surface area contributed by atoms with Crippen LogP contribution in [0.2, 0.25) is 0 Å². The first-order valence-electron chi connectivity index (χ1n) is 10.5. The molecule has 2 aromatic carbocycles. The Bertz CT molecular complexity index is 1050. The van der Waals surface area contributed by atoms with Gasteiger partial charge in [-0.3, -0.25) is 9.69 Å². The van der Waals surface area contributed by atoms with E-state index in [0.29, 0.717) is 17.4 Å². The molecule has 4 rings (SSSR count).